The molecule has 0 aromatic carbocycles. The summed E-state index contributed by atoms with van der Waals surface area (Å²) >= 11 is 0. The first-order valence-corrected chi connectivity index (χ1v) is 8.28. The highest BCUT2D eigenvalue weighted by atomic mass is 16.2. The summed E-state index contributed by atoms with van der Waals surface area (Å²) < 4.78 is 0. The van der Waals surface area contributed by atoms with E-state index < -0.39 is 0 Å². The molecule has 0 atom stereocenters. The Labute approximate surface area is 130 Å². The zero-order valence-corrected chi connectivity index (χ0v) is 14.5. The zero-order chi connectivity index (χ0) is 15.7. The van der Waals surface area contributed by atoms with Gasteiger partial charge in [0.05, 0.1) is 0 Å². The third kappa shape index (κ3) is 8.39. The predicted octanol–water partition coefficient (Wildman–Crippen LogP) is 0.814. The van der Waals surface area contributed by atoms with Crippen LogP contribution in [0.15, 0.2) is 0 Å². The maximum absolute atomic E-state index is 12.1. The summed E-state index contributed by atoms with van der Waals surface area (Å²) in [5, 5.41) is 0. The summed E-state index contributed by atoms with van der Waals surface area (Å²) in [6.45, 7) is 7.25. The maximum Gasteiger partial charge on any atom is 0.222 e. The van der Waals surface area contributed by atoms with E-state index in [4.69, 9.17) is 0 Å². The quantitative estimate of drug-likeness (QED) is 0.590. The van der Waals surface area contributed by atoms with Gasteiger partial charge in [-0.1, -0.05) is 0 Å². The molecule has 0 aromatic heterocycles. The first-order chi connectivity index (χ1) is 9.99. The van der Waals surface area contributed by atoms with Crippen LogP contribution in [0, 0.1) is 0 Å². The molecule has 1 aliphatic heterocycles. The molecule has 0 aliphatic carbocycles. The molecule has 0 spiro atoms. The molecule has 0 N–H and O–H groups in total. The Kier molecular flexibility index (Phi) is 8.88. The van der Waals surface area contributed by atoms with E-state index >= 15 is 0 Å². The molecule has 5 heteroatoms. The number of rotatable bonds is 9. The number of hydrogen-bond donors (Lipinski definition) is 0. The van der Waals surface area contributed by atoms with Gasteiger partial charge < -0.3 is 14.7 Å². The highest BCUT2D eigenvalue weighted by Crippen LogP contribution is 2.07. The van der Waals surface area contributed by atoms with Crippen molar-refractivity contribution in [2.75, 3.05) is 74.0 Å². The molecule has 1 saturated heterocycles. The van der Waals surface area contributed by atoms with E-state index in [0.29, 0.717) is 12.3 Å². The van der Waals surface area contributed by atoms with Crippen LogP contribution < -0.4 is 0 Å². The number of amides is 1. The molecule has 0 saturated carbocycles. The minimum Gasteiger partial charge on any atom is -0.340 e. The Balaban J connectivity index is 2.09. The van der Waals surface area contributed by atoms with Crippen molar-refractivity contribution in [1.29, 1.82) is 0 Å². The second kappa shape index (κ2) is 10.1. The Morgan fingerprint density at radius 3 is 2.00 bits per heavy atom. The van der Waals surface area contributed by atoms with Gasteiger partial charge in [0, 0.05) is 32.6 Å². The van der Waals surface area contributed by atoms with Crippen LogP contribution >= 0.6 is 0 Å². The van der Waals surface area contributed by atoms with Crippen molar-refractivity contribution >= 4 is 5.91 Å². The average Bonchev–Trinajstić information content (AvgIpc) is 2.43. The summed E-state index contributed by atoms with van der Waals surface area (Å²) in [5.41, 5.74) is 0. The van der Waals surface area contributed by atoms with Gasteiger partial charge in [0.2, 0.25) is 5.91 Å². The predicted molar refractivity (Wildman–Crippen MR) is 88.6 cm³/mol. The number of hydrogen-bond acceptors (Lipinski definition) is 4. The fraction of sp³-hybridized carbons (Fsp3) is 0.938. The summed E-state index contributed by atoms with van der Waals surface area (Å²) in [4.78, 5) is 21.0. The molecule has 0 aromatic rings. The van der Waals surface area contributed by atoms with E-state index in [-0.39, 0.29) is 0 Å². The van der Waals surface area contributed by atoms with Crippen LogP contribution in [-0.2, 0) is 4.79 Å². The van der Waals surface area contributed by atoms with Gasteiger partial charge in [-0.3, -0.25) is 9.69 Å². The van der Waals surface area contributed by atoms with Crippen molar-refractivity contribution in [3.8, 4) is 0 Å². The van der Waals surface area contributed by atoms with E-state index in [1.54, 1.807) is 0 Å². The molecule has 124 valence electrons. The van der Waals surface area contributed by atoms with Crippen molar-refractivity contribution < 1.29 is 4.79 Å². The lowest BCUT2D eigenvalue weighted by atomic mass is 10.2. The van der Waals surface area contributed by atoms with E-state index in [0.717, 1.165) is 39.1 Å². The second-order valence-corrected chi connectivity index (χ2v) is 6.64. The van der Waals surface area contributed by atoms with E-state index in [1.807, 2.05) is 4.90 Å². The molecular formula is C16H34N4O. The SMILES string of the molecule is CN(C)CCCCN1CCN(C(=O)CCCN(C)C)CC1. The number of unbranched alkanes of at least 4 members (excludes halogenated alkanes) is 1. The smallest absolute Gasteiger partial charge is 0.222 e. The fourth-order valence-electron chi connectivity index (χ4n) is 2.69. The van der Waals surface area contributed by atoms with Crippen LogP contribution in [0.5, 0.6) is 0 Å². The molecular weight excluding hydrogens is 264 g/mol. The monoisotopic (exact) mass is 298 g/mol. The van der Waals surface area contributed by atoms with Crippen LogP contribution in [-0.4, -0.2) is 99.5 Å². The van der Waals surface area contributed by atoms with Crippen molar-refractivity contribution in [2.24, 2.45) is 0 Å². The molecule has 0 bridgehead atoms. The Hall–Kier alpha value is -0.650. The standard InChI is InChI=1S/C16H34N4O/c1-17(2)9-5-6-11-19-12-14-20(15-13-19)16(21)8-7-10-18(3)4/h5-15H2,1-4H3. The van der Waals surface area contributed by atoms with Gasteiger partial charge in [0.15, 0.2) is 0 Å². The van der Waals surface area contributed by atoms with Crippen LogP contribution in [0.25, 0.3) is 0 Å². The van der Waals surface area contributed by atoms with Crippen molar-refractivity contribution in [3.63, 3.8) is 0 Å². The lowest BCUT2D eigenvalue weighted by molar-refractivity contribution is -0.133. The van der Waals surface area contributed by atoms with Crippen molar-refractivity contribution in [2.45, 2.75) is 25.7 Å². The molecule has 1 amide bonds. The third-order valence-corrected chi connectivity index (χ3v) is 4.05. The average molecular weight is 298 g/mol. The molecule has 1 fully saturated rings. The van der Waals surface area contributed by atoms with Gasteiger partial charge in [-0.15, -0.1) is 0 Å². The van der Waals surface area contributed by atoms with E-state index in [9.17, 15) is 4.79 Å². The summed E-state index contributed by atoms with van der Waals surface area (Å²) in [6, 6.07) is 0. The van der Waals surface area contributed by atoms with Crippen LogP contribution in [0.4, 0.5) is 0 Å². The lowest BCUT2D eigenvalue weighted by Gasteiger charge is -2.35. The number of nitrogens with zero attached hydrogens (tertiary/aromatic N) is 4. The molecule has 1 heterocycles. The Morgan fingerprint density at radius 2 is 1.43 bits per heavy atom. The van der Waals surface area contributed by atoms with Gasteiger partial charge in [0.25, 0.3) is 0 Å². The first kappa shape index (κ1) is 18.4. The fourth-order valence-corrected chi connectivity index (χ4v) is 2.69. The van der Waals surface area contributed by atoms with Gasteiger partial charge in [0.1, 0.15) is 0 Å². The maximum atomic E-state index is 12.1. The Morgan fingerprint density at radius 1 is 0.857 bits per heavy atom. The van der Waals surface area contributed by atoms with Gasteiger partial charge in [-0.2, -0.15) is 0 Å². The van der Waals surface area contributed by atoms with Crippen LogP contribution in [0.2, 0.25) is 0 Å². The number of carbonyl (C=O) groups excluding carboxylic acids is 1. The summed E-state index contributed by atoms with van der Waals surface area (Å²) in [7, 11) is 8.36. The van der Waals surface area contributed by atoms with Gasteiger partial charge in [-0.25, -0.2) is 0 Å². The van der Waals surface area contributed by atoms with E-state index in [2.05, 4.69) is 42.9 Å². The van der Waals surface area contributed by atoms with Crippen LogP contribution in [0.3, 0.4) is 0 Å². The lowest BCUT2D eigenvalue weighted by Crippen LogP contribution is -2.48. The highest BCUT2D eigenvalue weighted by molar-refractivity contribution is 5.76. The van der Waals surface area contributed by atoms with E-state index in [1.165, 1.54) is 25.9 Å². The molecule has 1 aliphatic rings. The van der Waals surface area contributed by atoms with Gasteiger partial charge in [-0.05, 0) is 67.1 Å². The Bertz CT molecular complexity index is 286. The highest BCUT2D eigenvalue weighted by Gasteiger charge is 2.20. The number of carbonyl (C=O) groups is 1. The largest absolute Gasteiger partial charge is 0.340 e. The zero-order valence-electron chi connectivity index (χ0n) is 14.5. The minimum absolute atomic E-state index is 0.337. The summed E-state index contributed by atoms with van der Waals surface area (Å²) in [6.07, 6.45) is 4.18. The molecule has 21 heavy (non-hydrogen) atoms. The number of piperazine rings is 1. The van der Waals surface area contributed by atoms with Crippen molar-refractivity contribution in [3.05, 3.63) is 0 Å². The first-order valence-electron chi connectivity index (χ1n) is 8.28. The molecule has 1 rings (SSSR count). The molecule has 0 radical (unpaired) electrons. The molecule has 5 nitrogen and oxygen atoms in total. The van der Waals surface area contributed by atoms with Crippen molar-refractivity contribution in [1.82, 2.24) is 19.6 Å². The minimum atomic E-state index is 0.337. The second-order valence-electron chi connectivity index (χ2n) is 6.64. The molecule has 0 unspecified atom stereocenters. The normalized spacial score (nSPS) is 17.0. The van der Waals surface area contributed by atoms with Gasteiger partial charge >= 0.3 is 0 Å². The topological polar surface area (TPSA) is 30.0 Å². The third-order valence-electron chi connectivity index (χ3n) is 4.05. The summed E-state index contributed by atoms with van der Waals surface area (Å²) in [5.74, 6) is 0.337. The van der Waals surface area contributed by atoms with Crippen LogP contribution in [0.1, 0.15) is 25.7 Å².